The second-order valence-corrected chi connectivity index (χ2v) is 5.01. The van der Waals surface area contributed by atoms with E-state index in [1.165, 1.54) is 10.4 Å². The summed E-state index contributed by atoms with van der Waals surface area (Å²) < 4.78 is 0. The molecule has 1 unspecified atom stereocenters. The lowest BCUT2D eigenvalue weighted by molar-refractivity contribution is 0.621. The summed E-state index contributed by atoms with van der Waals surface area (Å²) in [6.07, 6.45) is 0. The van der Waals surface area contributed by atoms with E-state index in [0.717, 1.165) is 13.1 Å². The fourth-order valence-electron chi connectivity index (χ4n) is 1.70. The van der Waals surface area contributed by atoms with Gasteiger partial charge in [0.25, 0.3) is 0 Å². The Bertz CT molecular complexity index is 394. The molecule has 0 aliphatic carbocycles. The zero-order valence-electron chi connectivity index (χ0n) is 9.52. The smallest absolute Gasteiger partial charge is 0.0205 e. The predicted molar refractivity (Wildman–Crippen MR) is 70.9 cm³/mol. The van der Waals surface area contributed by atoms with Crippen LogP contribution in [0.5, 0.6) is 0 Å². The van der Waals surface area contributed by atoms with E-state index in [9.17, 15) is 0 Å². The van der Waals surface area contributed by atoms with Crippen LogP contribution in [-0.4, -0.2) is 6.54 Å². The lowest BCUT2D eigenvalue weighted by atomic mass is 10.1. The van der Waals surface area contributed by atoms with E-state index in [1.807, 2.05) is 11.3 Å². The Kier molecular flexibility index (Phi) is 4.14. The van der Waals surface area contributed by atoms with Gasteiger partial charge in [0, 0.05) is 23.9 Å². The van der Waals surface area contributed by atoms with Crippen LogP contribution in [-0.2, 0) is 6.54 Å². The zero-order chi connectivity index (χ0) is 11.2. The lowest BCUT2D eigenvalue weighted by Crippen LogP contribution is -2.19. The van der Waals surface area contributed by atoms with Gasteiger partial charge in [-0.1, -0.05) is 43.3 Å². The first-order valence-corrected chi connectivity index (χ1v) is 6.52. The first-order valence-electron chi connectivity index (χ1n) is 5.64. The first kappa shape index (κ1) is 11.4. The number of benzene rings is 1. The van der Waals surface area contributed by atoms with E-state index in [-0.39, 0.29) is 0 Å². The molecule has 0 fully saturated rings. The Morgan fingerprint density at radius 2 is 1.94 bits per heavy atom. The molecule has 1 N–H and O–H groups in total. The van der Waals surface area contributed by atoms with Crippen LogP contribution < -0.4 is 5.32 Å². The first-order chi connectivity index (χ1) is 7.86. The standard InChI is InChI=1S/C14H17NS/c1-12(14-8-5-9-16-14)10-15-11-13-6-3-2-4-7-13/h2-9,12,15H,10-11H2,1H3. The second-order valence-electron chi connectivity index (χ2n) is 4.03. The number of rotatable bonds is 5. The number of nitrogens with one attached hydrogen (secondary N) is 1. The van der Waals surface area contributed by atoms with Crippen molar-refractivity contribution in [1.82, 2.24) is 5.32 Å². The number of hydrogen-bond acceptors (Lipinski definition) is 2. The van der Waals surface area contributed by atoms with Gasteiger partial charge in [-0.05, 0) is 17.0 Å². The summed E-state index contributed by atoms with van der Waals surface area (Å²) in [6.45, 7) is 4.26. The van der Waals surface area contributed by atoms with Gasteiger partial charge in [-0.3, -0.25) is 0 Å². The Labute approximate surface area is 101 Å². The minimum atomic E-state index is 0.601. The molecule has 0 spiro atoms. The van der Waals surface area contributed by atoms with Crippen molar-refractivity contribution in [2.45, 2.75) is 19.4 Å². The molecule has 0 aliphatic heterocycles. The van der Waals surface area contributed by atoms with Crippen LogP contribution in [0.4, 0.5) is 0 Å². The Morgan fingerprint density at radius 3 is 2.62 bits per heavy atom. The van der Waals surface area contributed by atoms with Crippen LogP contribution >= 0.6 is 11.3 Å². The maximum atomic E-state index is 3.50. The molecule has 1 atom stereocenters. The van der Waals surface area contributed by atoms with E-state index in [4.69, 9.17) is 0 Å². The van der Waals surface area contributed by atoms with Crippen molar-refractivity contribution < 1.29 is 0 Å². The summed E-state index contributed by atoms with van der Waals surface area (Å²) >= 11 is 1.84. The normalized spacial score (nSPS) is 12.6. The predicted octanol–water partition coefficient (Wildman–Crippen LogP) is 3.64. The molecule has 1 aromatic carbocycles. The van der Waals surface area contributed by atoms with Gasteiger partial charge in [0.2, 0.25) is 0 Å². The second kappa shape index (κ2) is 5.83. The van der Waals surface area contributed by atoms with Crippen LogP contribution in [0.15, 0.2) is 47.8 Å². The number of hydrogen-bond donors (Lipinski definition) is 1. The minimum absolute atomic E-state index is 0.601. The molecular formula is C14H17NS. The zero-order valence-corrected chi connectivity index (χ0v) is 10.3. The molecule has 0 saturated heterocycles. The highest BCUT2D eigenvalue weighted by molar-refractivity contribution is 7.10. The van der Waals surface area contributed by atoms with Crippen molar-refractivity contribution in [3.05, 3.63) is 58.3 Å². The summed E-state index contributed by atoms with van der Waals surface area (Å²) in [4.78, 5) is 1.46. The van der Waals surface area contributed by atoms with Gasteiger partial charge >= 0.3 is 0 Å². The van der Waals surface area contributed by atoms with E-state index in [2.05, 4.69) is 60.1 Å². The Balaban J connectivity index is 1.76. The summed E-state index contributed by atoms with van der Waals surface area (Å²) in [6, 6.07) is 14.9. The molecule has 1 nitrogen and oxygen atoms in total. The van der Waals surface area contributed by atoms with Crippen LogP contribution in [0.2, 0.25) is 0 Å². The quantitative estimate of drug-likeness (QED) is 0.828. The van der Waals surface area contributed by atoms with Crippen molar-refractivity contribution in [3.8, 4) is 0 Å². The molecule has 0 saturated carbocycles. The van der Waals surface area contributed by atoms with Gasteiger partial charge in [-0.15, -0.1) is 11.3 Å². The monoisotopic (exact) mass is 231 g/mol. The van der Waals surface area contributed by atoms with Gasteiger partial charge in [-0.25, -0.2) is 0 Å². The van der Waals surface area contributed by atoms with Crippen molar-refractivity contribution in [2.75, 3.05) is 6.54 Å². The van der Waals surface area contributed by atoms with Crippen LogP contribution in [0.25, 0.3) is 0 Å². The highest BCUT2D eigenvalue weighted by Crippen LogP contribution is 2.19. The SMILES string of the molecule is CC(CNCc1ccccc1)c1cccs1. The average molecular weight is 231 g/mol. The Morgan fingerprint density at radius 1 is 1.12 bits per heavy atom. The highest BCUT2D eigenvalue weighted by atomic mass is 32.1. The largest absolute Gasteiger partial charge is 0.312 e. The average Bonchev–Trinajstić information content (AvgIpc) is 2.84. The molecule has 0 aliphatic rings. The number of thiophene rings is 1. The van der Waals surface area contributed by atoms with Crippen LogP contribution in [0, 0.1) is 0 Å². The third-order valence-corrected chi connectivity index (χ3v) is 3.76. The molecule has 2 aromatic rings. The van der Waals surface area contributed by atoms with Crippen molar-refractivity contribution >= 4 is 11.3 Å². The molecule has 16 heavy (non-hydrogen) atoms. The summed E-state index contributed by atoms with van der Waals surface area (Å²) in [7, 11) is 0. The van der Waals surface area contributed by atoms with Gasteiger partial charge in [0.05, 0.1) is 0 Å². The summed E-state index contributed by atoms with van der Waals surface area (Å²) in [5.74, 6) is 0.601. The van der Waals surface area contributed by atoms with Gasteiger partial charge in [0.15, 0.2) is 0 Å². The van der Waals surface area contributed by atoms with Gasteiger partial charge in [0.1, 0.15) is 0 Å². The van der Waals surface area contributed by atoms with Crippen molar-refractivity contribution in [3.63, 3.8) is 0 Å². The maximum Gasteiger partial charge on any atom is 0.0205 e. The Hall–Kier alpha value is -1.12. The molecular weight excluding hydrogens is 214 g/mol. The van der Waals surface area contributed by atoms with Gasteiger partial charge in [-0.2, -0.15) is 0 Å². The van der Waals surface area contributed by atoms with E-state index in [1.54, 1.807) is 0 Å². The van der Waals surface area contributed by atoms with Gasteiger partial charge < -0.3 is 5.32 Å². The van der Waals surface area contributed by atoms with Crippen molar-refractivity contribution in [2.24, 2.45) is 0 Å². The third-order valence-electron chi connectivity index (χ3n) is 2.65. The third kappa shape index (κ3) is 3.19. The lowest BCUT2D eigenvalue weighted by Gasteiger charge is -2.10. The fraction of sp³-hybridized carbons (Fsp3) is 0.286. The fourth-order valence-corrected chi connectivity index (χ4v) is 2.49. The summed E-state index contributed by atoms with van der Waals surface area (Å²) in [5.41, 5.74) is 1.35. The maximum absolute atomic E-state index is 3.50. The minimum Gasteiger partial charge on any atom is -0.312 e. The molecule has 1 aromatic heterocycles. The molecule has 2 rings (SSSR count). The summed E-state index contributed by atoms with van der Waals surface area (Å²) in [5, 5.41) is 5.64. The van der Waals surface area contributed by atoms with E-state index in [0.29, 0.717) is 5.92 Å². The van der Waals surface area contributed by atoms with Crippen LogP contribution in [0.3, 0.4) is 0 Å². The molecule has 0 radical (unpaired) electrons. The van der Waals surface area contributed by atoms with Crippen LogP contribution in [0.1, 0.15) is 23.3 Å². The van der Waals surface area contributed by atoms with E-state index < -0.39 is 0 Å². The molecule has 0 bridgehead atoms. The highest BCUT2D eigenvalue weighted by Gasteiger charge is 2.05. The molecule has 2 heteroatoms. The molecule has 1 heterocycles. The topological polar surface area (TPSA) is 12.0 Å². The molecule has 84 valence electrons. The van der Waals surface area contributed by atoms with E-state index >= 15 is 0 Å². The molecule has 0 amide bonds. The van der Waals surface area contributed by atoms with Crippen molar-refractivity contribution in [1.29, 1.82) is 0 Å².